The summed E-state index contributed by atoms with van der Waals surface area (Å²) in [7, 11) is -1.98. The van der Waals surface area contributed by atoms with Crippen molar-refractivity contribution in [2.24, 2.45) is 5.92 Å². The summed E-state index contributed by atoms with van der Waals surface area (Å²) >= 11 is 0. The van der Waals surface area contributed by atoms with Crippen LogP contribution in [-0.4, -0.2) is 21.3 Å². The fourth-order valence-electron chi connectivity index (χ4n) is 3.29. The van der Waals surface area contributed by atoms with Crippen molar-refractivity contribution in [3.8, 4) is 0 Å². The van der Waals surface area contributed by atoms with Crippen molar-refractivity contribution in [1.82, 2.24) is 0 Å². The van der Waals surface area contributed by atoms with Crippen LogP contribution < -0.4 is 0 Å². The van der Waals surface area contributed by atoms with Gasteiger partial charge in [-0.15, -0.1) is 0 Å². The standard InChI is InChI=1S/C21H46O2Si/c1-7-11-12-13-14-15-16-17-18-19-22-24(9-3,10-4)23-21(8-2)20(5)6/h20-21H,7-19H2,1-6H3. The van der Waals surface area contributed by atoms with Crippen molar-refractivity contribution in [3.05, 3.63) is 0 Å². The van der Waals surface area contributed by atoms with Gasteiger partial charge in [0.1, 0.15) is 0 Å². The largest absolute Gasteiger partial charge is 0.394 e. The van der Waals surface area contributed by atoms with E-state index < -0.39 is 8.56 Å². The molecule has 146 valence electrons. The Bertz CT molecular complexity index is 265. The monoisotopic (exact) mass is 358 g/mol. The van der Waals surface area contributed by atoms with Crippen LogP contribution in [0.15, 0.2) is 0 Å². The van der Waals surface area contributed by atoms with Crippen LogP contribution in [0.5, 0.6) is 0 Å². The molecule has 0 aromatic rings. The average Bonchev–Trinajstić information content (AvgIpc) is 2.59. The summed E-state index contributed by atoms with van der Waals surface area (Å²) in [6, 6.07) is 2.15. The first-order chi connectivity index (χ1) is 11.5. The Morgan fingerprint density at radius 1 is 0.708 bits per heavy atom. The molecule has 0 aromatic carbocycles. The van der Waals surface area contributed by atoms with Crippen LogP contribution in [0, 0.1) is 5.92 Å². The second-order valence-corrected chi connectivity index (χ2v) is 11.4. The zero-order chi connectivity index (χ0) is 18.3. The van der Waals surface area contributed by atoms with Crippen LogP contribution in [-0.2, 0) is 8.85 Å². The molecule has 0 aliphatic carbocycles. The van der Waals surface area contributed by atoms with E-state index in [0.29, 0.717) is 12.0 Å². The topological polar surface area (TPSA) is 18.5 Å². The van der Waals surface area contributed by atoms with Gasteiger partial charge in [0.25, 0.3) is 0 Å². The summed E-state index contributed by atoms with van der Waals surface area (Å²) in [6.07, 6.45) is 13.7. The van der Waals surface area contributed by atoms with Crippen molar-refractivity contribution in [3.63, 3.8) is 0 Å². The van der Waals surface area contributed by atoms with Crippen LogP contribution >= 0.6 is 0 Å². The van der Waals surface area contributed by atoms with E-state index in [1.165, 1.54) is 57.8 Å². The minimum atomic E-state index is -1.98. The van der Waals surface area contributed by atoms with Gasteiger partial charge in [-0.3, -0.25) is 0 Å². The predicted octanol–water partition coefficient (Wildman–Crippen LogP) is 7.47. The summed E-state index contributed by atoms with van der Waals surface area (Å²) in [4.78, 5) is 0. The number of hydrogen-bond acceptors (Lipinski definition) is 2. The van der Waals surface area contributed by atoms with E-state index in [0.717, 1.165) is 25.1 Å². The molecule has 3 heteroatoms. The predicted molar refractivity (Wildman–Crippen MR) is 110 cm³/mol. The Labute approximate surface area is 154 Å². The number of hydrogen-bond donors (Lipinski definition) is 0. The number of unbranched alkanes of at least 4 members (excludes halogenated alkanes) is 8. The molecule has 0 heterocycles. The Morgan fingerprint density at radius 3 is 1.62 bits per heavy atom. The lowest BCUT2D eigenvalue weighted by molar-refractivity contribution is 0.0788. The minimum Gasteiger partial charge on any atom is -0.394 e. The Kier molecular flexibility index (Phi) is 15.5. The van der Waals surface area contributed by atoms with E-state index in [4.69, 9.17) is 8.85 Å². The summed E-state index contributed by atoms with van der Waals surface area (Å²) in [5.74, 6) is 0.580. The van der Waals surface area contributed by atoms with E-state index in [1.807, 2.05) is 0 Å². The van der Waals surface area contributed by atoms with Crippen molar-refractivity contribution in [1.29, 1.82) is 0 Å². The van der Waals surface area contributed by atoms with Crippen LogP contribution in [0.2, 0.25) is 12.1 Å². The molecule has 0 amide bonds. The Hall–Kier alpha value is 0.137. The molecule has 0 saturated heterocycles. The van der Waals surface area contributed by atoms with Crippen molar-refractivity contribution in [2.45, 2.75) is 124 Å². The summed E-state index contributed by atoms with van der Waals surface area (Å²) in [6.45, 7) is 14.4. The second-order valence-electron chi connectivity index (χ2n) is 7.60. The molecule has 1 unspecified atom stereocenters. The molecule has 0 radical (unpaired) electrons. The first-order valence-corrected chi connectivity index (χ1v) is 13.1. The smallest absolute Gasteiger partial charge is 0.337 e. The molecule has 0 N–H and O–H groups in total. The van der Waals surface area contributed by atoms with Gasteiger partial charge in [-0.2, -0.15) is 0 Å². The highest BCUT2D eigenvalue weighted by atomic mass is 28.4. The molecule has 0 aliphatic rings. The van der Waals surface area contributed by atoms with Gasteiger partial charge < -0.3 is 8.85 Å². The third-order valence-electron chi connectivity index (χ3n) is 5.20. The van der Waals surface area contributed by atoms with E-state index >= 15 is 0 Å². The van der Waals surface area contributed by atoms with Gasteiger partial charge >= 0.3 is 8.56 Å². The molecule has 0 aliphatic heterocycles. The molecule has 0 saturated carbocycles. The van der Waals surface area contributed by atoms with E-state index in [9.17, 15) is 0 Å². The highest BCUT2D eigenvalue weighted by Gasteiger charge is 2.36. The van der Waals surface area contributed by atoms with E-state index in [-0.39, 0.29) is 0 Å². The molecule has 0 rings (SSSR count). The van der Waals surface area contributed by atoms with Crippen LogP contribution in [0.25, 0.3) is 0 Å². The van der Waals surface area contributed by atoms with Gasteiger partial charge in [0, 0.05) is 12.7 Å². The molecule has 24 heavy (non-hydrogen) atoms. The molecule has 1 atom stereocenters. The highest BCUT2D eigenvalue weighted by Crippen LogP contribution is 2.25. The zero-order valence-electron chi connectivity index (χ0n) is 17.7. The molecule has 0 aromatic heterocycles. The van der Waals surface area contributed by atoms with Gasteiger partial charge in [-0.05, 0) is 30.8 Å². The lowest BCUT2D eigenvalue weighted by Gasteiger charge is -2.34. The molecule has 2 nitrogen and oxygen atoms in total. The SMILES string of the molecule is CCCCCCCCCCCO[Si](CC)(CC)OC(CC)C(C)C. The summed E-state index contributed by atoms with van der Waals surface area (Å²) < 4.78 is 12.9. The normalized spacial score (nSPS) is 13.6. The fraction of sp³-hybridized carbons (Fsp3) is 1.00. The first-order valence-electron chi connectivity index (χ1n) is 10.9. The van der Waals surface area contributed by atoms with Crippen LogP contribution in [0.3, 0.4) is 0 Å². The maximum atomic E-state index is 6.55. The maximum absolute atomic E-state index is 6.55. The lowest BCUT2D eigenvalue weighted by atomic mass is 10.1. The molecule has 0 spiro atoms. The number of rotatable bonds is 17. The second kappa shape index (κ2) is 15.4. The third kappa shape index (κ3) is 10.9. The van der Waals surface area contributed by atoms with Crippen LogP contribution in [0.1, 0.15) is 106 Å². The van der Waals surface area contributed by atoms with Crippen molar-refractivity contribution < 1.29 is 8.85 Å². The highest BCUT2D eigenvalue weighted by molar-refractivity contribution is 6.67. The van der Waals surface area contributed by atoms with Gasteiger partial charge in [-0.1, -0.05) is 92.9 Å². The molecular formula is C21H46O2Si. The minimum absolute atomic E-state index is 0.361. The first kappa shape index (κ1) is 24.1. The molecule has 0 fully saturated rings. The van der Waals surface area contributed by atoms with E-state index in [1.54, 1.807) is 0 Å². The van der Waals surface area contributed by atoms with Crippen molar-refractivity contribution in [2.75, 3.05) is 6.61 Å². The summed E-state index contributed by atoms with van der Waals surface area (Å²) in [5.41, 5.74) is 0. The van der Waals surface area contributed by atoms with Gasteiger partial charge in [0.2, 0.25) is 0 Å². The van der Waals surface area contributed by atoms with Gasteiger partial charge in [-0.25, -0.2) is 0 Å². The Balaban J connectivity index is 3.92. The zero-order valence-corrected chi connectivity index (χ0v) is 18.7. The van der Waals surface area contributed by atoms with E-state index in [2.05, 4.69) is 41.5 Å². The Morgan fingerprint density at radius 2 is 1.21 bits per heavy atom. The lowest BCUT2D eigenvalue weighted by Crippen LogP contribution is -2.45. The maximum Gasteiger partial charge on any atom is 0.337 e. The van der Waals surface area contributed by atoms with Gasteiger partial charge in [0.05, 0.1) is 0 Å². The van der Waals surface area contributed by atoms with Crippen molar-refractivity contribution >= 4 is 8.56 Å². The summed E-state index contributed by atoms with van der Waals surface area (Å²) in [5, 5.41) is 0. The fourth-order valence-corrected chi connectivity index (χ4v) is 6.11. The quantitative estimate of drug-likeness (QED) is 0.198. The average molecular weight is 359 g/mol. The molecule has 0 bridgehead atoms. The third-order valence-corrected chi connectivity index (χ3v) is 8.82. The van der Waals surface area contributed by atoms with Crippen LogP contribution in [0.4, 0.5) is 0 Å². The molecular weight excluding hydrogens is 312 g/mol. The van der Waals surface area contributed by atoms with Gasteiger partial charge in [0.15, 0.2) is 0 Å².